The highest BCUT2D eigenvalue weighted by Gasteiger charge is 2.14. The number of piperidine rings is 1. The molecule has 20 heavy (non-hydrogen) atoms. The zero-order valence-electron chi connectivity index (χ0n) is 11.4. The zero-order chi connectivity index (χ0) is 13.1. The van der Waals surface area contributed by atoms with Crippen LogP contribution in [-0.2, 0) is 6.54 Å². The van der Waals surface area contributed by atoms with E-state index in [-0.39, 0.29) is 24.0 Å². The van der Waals surface area contributed by atoms with E-state index in [0.29, 0.717) is 19.3 Å². The Morgan fingerprint density at radius 1 is 1.15 bits per heavy atom. The molecule has 110 valence electrons. The molecule has 1 fully saturated rings. The molecular formula is C14H20IN3O2. The molecule has 0 spiro atoms. The second-order valence-electron chi connectivity index (χ2n) is 4.91. The SMILES string of the molecule is I.NC(=NCc1ccc2c(c1)OCO2)N1CCCCC1. The molecule has 3 rings (SSSR count). The molecule has 2 heterocycles. The predicted octanol–water partition coefficient (Wildman–Crippen LogP) is 2.33. The van der Waals surface area contributed by atoms with Gasteiger partial charge in [0.25, 0.3) is 0 Å². The number of ether oxygens (including phenoxy) is 2. The Morgan fingerprint density at radius 3 is 2.70 bits per heavy atom. The first-order valence-electron chi connectivity index (χ1n) is 6.76. The quantitative estimate of drug-likeness (QED) is 0.479. The topological polar surface area (TPSA) is 60.1 Å². The van der Waals surface area contributed by atoms with Crippen LogP contribution in [0.15, 0.2) is 23.2 Å². The molecule has 1 aromatic rings. The summed E-state index contributed by atoms with van der Waals surface area (Å²) in [5, 5.41) is 0. The average molecular weight is 389 g/mol. The Labute approximate surface area is 136 Å². The maximum Gasteiger partial charge on any atom is 0.231 e. The van der Waals surface area contributed by atoms with E-state index in [9.17, 15) is 0 Å². The van der Waals surface area contributed by atoms with Gasteiger partial charge in [-0.25, -0.2) is 4.99 Å². The number of nitrogens with two attached hydrogens (primary N) is 1. The number of guanidine groups is 1. The summed E-state index contributed by atoms with van der Waals surface area (Å²) < 4.78 is 10.6. The fourth-order valence-electron chi connectivity index (χ4n) is 2.43. The van der Waals surface area contributed by atoms with Gasteiger partial charge in [-0.05, 0) is 37.0 Å². The molecule has 1 saturated heterocycles. The molecule has 0 aliphatic carbocycles. The number of rotatable bonds is 2. The molecule has 0 bridgehead atoms. The number of fused-ring (bicyclic) bond motifs is 1. The van der Waals surface area contributed by atoms with E-state index in [4.69, 9.17) is 15.2 Å². The summed E-state index contributed by atoms with van der Waals surface area (Å²) in [5.41, 5.74) is 7.12. The largest absolute Gasteiger partial charge is 0.454 e. The summed E-state index contributed by atoms with van der Waals surface area (Å²) in [7, 11) is 0. The van der Waals surface area contributed by atoms with Crippen LogP contribution in [0.3, 0.4) is 0 Å². The highest BCUT2D eigenvalue weighted by Crippen LogP contribution is 2.32. The molecule has 0 radical (unpaired) electrons. The van der Waals surface area contributed by atoms with Crippen molar-refractivity contribution < 1.29 is 9.47 Å². The molecule has 0 aromatic heterocycles. The zero-order valence-corrected chi connectivity index (χ0v) is 13.7. The number of hydrogen-bond donors (Lipinski definition) is 1. The fraction of sp³-hybridized carbons (Fsp3) is 0.500. The molecule has 5 nitrogen and oxygen atoms in total. The lowest BCUT2D eigenvalue weighted by molar-refractivity contribution is 0.174. The lowest BCUT2D eigenvalue weighted by Gasteiger charge is -2.27. The van der Waals surface area contributed by atoms with Crippen molar-refractivity contribution in [2.45, 2.75) is 25.8 Å². The Balaban J connectivity index is 0.00000147. The number of benzene rings is 1. The van der Waals surface area contributed by atoms with Crippen molar-refractivity contribution in [2.24, 2.45) is 10.7 Å². The summed E-state index contributed by atoms with van der Waals surface area (Å²) in [4.78, 5) is 6.63. The Bertz CT molecular complexity index is 487. The molecule has 2 N–H and O–H groups in total. The maximum atomic E-state index is 6.03. The van der Waals surface area contributed by atoms with Gasteiger partial charge in [0.05, 0.1) is 6.54 Å². The van der Waals surface area contributed by atoms with E-state index in [1.54, 1.807) is 0 Å². The lowest BCUT2D eigenvalue weighted by atomic mass is 10.1. The van der Waals surface area contributed by atoms with E-state index < -0.39 is 0 Å². The van der Waals surface area contributed by atoms with Gasteiger partial charge in [0.2, 0.25) is 6.79 Å². The number of nitrogens with zero attached hydrogens (tertiary/aromatic N) is 2. The van der Waals surface area contributed by atoms with Crippen LogP contribution in [0.2, 0.25) is 0 Å². The van der Waals surface area contributed by atoms with Crippen molar-refractivity contribution in [3.8, 4) is 11.5 Å². The van der Waals surface area contributed by atoms with Crippen LogP contribution in [0.1, 0.15) is 24.8 Å². The van der Waals surface area contributed by atoms with Gasteiger partial charge in [0, 0.05) is 13.1 Å². The number of hydrogen-bond acceptors (Lipinski definition) is 3. The minimum atomic E-state index is 0. The van der Waals surface area contributed by atoms with Gasteiger partial charge in [-0.3, -0.25) is 0 Å². The van der Waals surface area contributed by atoms with E-state index in [1.807, 2.05) is 18.2 Å². The summed E-state index contributed by atoms with van der Waals surface area (Å²) in [5.74, 6) is 2.25. The number of halogens is 1. The molecule has 0 unspecified atom stereocenters. The molecule has 1 aromatic carbocycles. The minimum absolute atomic E-state index is 0. The average Bonchev–Trinajstić information content (AvgIpc) is 2.93. The highest BCUT2D eigenvalue weighted by atomic mass is 127. The summed E-state index contributed by atoms with van der Waals surface area (Å²) in [6, 6.07) is 5.89. The second-order valence-corrected chi connectivity index (χ2v) is 4.91. The summed E-state index contributed by atoms with van der Waals surface area (Å²) in [6.07, 6.45) is 3.71. The van der Waals surface area contributed by atoms with Crippen LogP contribution in [-0.4, -0.2) is 30.7 Å². The van der Waals surface area contributed by atoms with Crippen LogP contribution in [0.5, 0.6) is 11.5 Å². The third-order valence-corrected chi connectivity index (χ3v) is 3.54. The third-order valence-electron chi connectivity index (χ3n) is 3.54. The van der Waals surface area contributed by atoms with Crippen LogP contribution >= 0.6 is 24.0 Å². The monoisotopic (exact) mass is 389 g/mol. The van der Waals surface area contributed by atoms with Crippen LogP contribution < -0.4 is 15.2 Å². The normalized spacial score (nSPS) is 17.8. The molecule has 6 heteroatoms. The van der Waals surface area contributed by atoms with Crippen LogP contribution in [0.25, 0.3) is 0 Å². The van der Waals surface area contributed by atoms with Crippen molar-refractivity contribution in [3.63, 3.8) is 0 Å². The van der Waals surface area contributed by atoms with Gasteiger partial charge < -0.3 is 20.1 Å². The van der Waals surface area contributed by atoms with Gasteiger partial charge in [0.15, 0.2) is 17.5 Å². The van der Waals surface area contributed by atoms with Gasteiger partial charge in [-0.15, -0.1) is 24.0 Å². The number of aliphatic imine (C=N–C) groups is 1. The van der Waals surface area contributed by atoms with E-state index in [2.05, 4.69) is 9.89 Å². The minimum Gasteiger partial charge on any atom is -0.454 e. The van der Waals surface area contributed by atoms with Crippen molar-refractivity contribution in [2.75, 3.05) is 19.9 Å². The Hall–Kier alpha value is -1.18. The molecule has 2 aliphatic heterocycles. The highest BCUT2D eigenvalue weighted by molar-refractivity contribution is 14.0. The van der Waals surface area contributed by atoms with E-state index >= 15 is 0 Å². The summed E-state index contributed by atoms with van der Waals surface area (Å²) in [6.45, 7) is 2.93. The van der Waals surface area contributed by atoms with E-state index in [1.165, 1.54) is 19.3 Å². The predicted molar refractivity (Wildman–Crippen MR) is 88.7 cm³/mol. The van der Waals surface area contributed by atoms with Gasteiger partial charge in [-0.2, -0.15) is 0 Å². The van der Waals surface area contributed by atoms with Crippen molar-refractivity contribution in [1.82, 2.24) is 4.90 Å². The van der Waals surface area contributed by atoms with Crippen LogP contribution in [0.4, 0.5) is 0 Å². The van der Waals surface area contributed by atoms with Crippen molar-refractivity contribution in [1.29, 1.82) is 0 Å². The smallest absolute Gasteiger partial charge is 0.231 e. The van der Waals surface area contributed by atoms with Crippen molar-refractivity contribution in [3.05, 3.63) is 23.8 Å². The van der Waals surface area contributed by atoms with Gasteiger partial charge in [0.1, 0.15) is 0 Å². The first-order chi connectivity index (χ1) is 9.33. The molecule has 0 saturated carbocycles. The number of likely N-dealkylation sites (tertiary alicyclic amines) is 1. The molecule has 2 aliphatic rings. The lowest BCUT2D eigenvalue weighted by Crippen LogP contribution is -2.40. The maximum absolute atomic E-state index is 6.03. The first-order valence-corrected chi connectivity index (χ1v) is 6.76. The van der Waals surface area contributed by atoms with Crippen LogP contribution in [0, 0.1) is 0 Å². The Morgan fingerprint density at radius 2 is 1.90 bits per heavy atom. The molecule has 0 amide bonds. The second kappa shape index (κ2) is 7.01. The molecular weight excluding hydrogens is 369 g/mol. The Kier molecular flexibility index (Phi) is 5.33. The van der Waals surface area contributed by atoms with Gasteiger partial charge in [-0.1, -0.05) is 6.07 Å². The van der Waals surface area contributed by atoms with E-state index in [0.717, 1.165) is 30.2 Å². The first kappa shape index (κ1) is 15.2. The molecule has 0 atom stereocenters. The van der Waals surface area contributed by atoms with Crippen molar-refractivity contribution >= 4 is 29.9 Å². The third kappa shape index (κ3) is 3.47. The fourth-order valence-corrected chi connectivity index (χ4v) is 2.43. The summed E-state index contributed by atoms with van der Waals surface area (Å²) >= 11 is 0. The standard InChI is InChI=1S/C14H19N3O2.HI/c15-14(17-6-2-1-3-7-17)16-9-11-4-5-12-13(8-11)19-10-18-12;/h4-5,8H,1-3,6-7,9-10H2,(H2,15,16);1H. The van der Waals surface area contributed by atoms with Gasteiger partial charge >= 0.3 is 0 Å².